The van der Waals surface area contributed by atoms with Gasteiger partial charge in [-0.2, -0.15) is 5.10 Å². The molecule has 6 nitrogen and oxygen atoms in total. The van der Waals surface area contributed by atoms with Crippen molar-refractivity contribution < 1.29 is 15.3 Å². The molecule has 30 heavy (non-hydrogen) atoms. The lowest BCUT2D eigenvalue weighted by molar-refractivity contribution is 0.367. The molecule has 4 aromatic rings. The van der Waals surface area contributed by atoms with Gasteiger partial charge in [-0.1, -0.05) is 48.5 Å². The fourth-order valence-corrected chi connectivity index (χ4v) is 3.94. The molecule has 3 aromatic carbocycles. The summed E-state index contributed by atoms with van der Waals surface area (Å²) >= 11 is 1.45. The third kappa shape index (κ3) is 3.58. The zero-order chi connectivity index (χ0) is 21.1. The zero-order valence-corrected chi connectivity index (χ0v) is 16.8. The summed E-state index contributed by atoms with van der Waals surface area (Å²) in [6.45, 7) is 4.15. The number of phenols is 3. The van der Waals surface area contributed by atoms with Crippen LogP contribution in [0.4, 0.5) is 0 Å². The second-order valence-electron chi connectivity index (χ2n) is 6.49. The second-order valence-corrected chi connectivity index (χ2v) is 7.32. The van der Waals surface area contributed by atoms with E-state index in [0.29, 0.717) is 11.3 Å². The van der Waals surface area contributed by atoms with Gasteiger partial charge >= 0.3 is 0 Å². The number of phenolic OH excluding ortho intramolecular Hbond substituents is 3. The summed E-state index contributed by atoms with van der Waals surface area (Å²) in [5, 5.41) is 38.1. The van der Waals surface area contributed by atoms with Crippen LogP contribution < -0.4 is 4.80 Å². The van der Waals surface area contributed by atoms with Crippen LogP contribution in [0.3, 0.4) is 0 Å². The Morgan fingerprint density at radius 3 is 2.60 bits per heavy atom. The van der Waals surface area contributed by atoms with E-state index in [0.717, 1.165) is 22.0 Å². The number of hydrogen-bond acceptors (Lipinski definition) is 6. The Labute approximate surface area is 176 Å². The molecule has 0 unspecified atom stereocenters. The summed E-state index contributed by atoms with van der Waals surface area (Å²) in [7, 11) is 0. The summed E-state index contributed by atoms with van der Waals surface area (Å²) in [6, 6.07) is 16.9. The molecule has 3 N–H and O–H groups in total. The van der Waals surface area contributed by atoms with Crippen LogP contribution in [0.1, 0.15) is 5.56 Å². The Hall–Kier alpha value is -3.84. The molecule has 0 amide bonds. The number of aromatic nitrogens is 1. The molecule has 0 atom stereocenters. The Kier molecular flexibility index (Phi) is 5.36. The average Bonchev–Trinajstić information content (AvgIpc) is 3.17. The molecule has 150 valence electrons. The highest BCUT2D eigenvalue weighted by molar-refractivity contribution is 7.07. The SMILES string of the molecule is C=CCN=c1scc(-c2cccc3ccccc23)n1N=Cc1ccc(O)c(O)c1O. The molecule has 0 aliphatic heterocycles. The topological polar surface area (TPSA) is 90.3 Å². The predicted molar refractivity (Wildman–Crippen MR) is 120 cm³/mol. The Balaban J connectivity index is 1.89. The van der Waals surface area contributed by atoms with Gasteiger partial charge in [0, 0.05) is 16.5 Å². The van der Waals surface area contributed by atoms with Crippen molar-refractivity contribution in [1.29, 1.82) is 0 Å². The van der Waals surface area contributed by atoms with Crippen molar-refractivity contribution in [2.24, 2.45) is 10.1 Å². The van der Waals surface area contributed by atoms with Gasteiger partial charge in [0.25, 0.3) is 0 Å². The molecular formula is C23H19N3O3S. The minimum atomic E-state index is -0.583. The van der Waals surface area contributed by atoms with Crippen LogP contribution >= 0.6 is 11.3 Å². The minimum absolute atomic E-state index is 0.266. The first-order valence-electron chi connectivity index (χ1n) is 9.18. The molecule has 7 heteroatoms. The minimum Gasteiger partial charge on any atom is -0.504 e. The van der Waals surface area contributed by atoms with Gasteiger partial charge in [-0.3, -0.25) is 4.99 Å². The monoisotopic (exact) mass is 417 g/mol. The quantitative estimate of drug-likeness (QED) is 0.254. The van der Waals surface area contributed by atoms with Crippen LogP contribution in [0.15, 0.2) is 82.7 Å². The number of benzene rings is 3. The summed E-state index contributed by atoms with van der Waals surface area (Å²) in [6.07, 6.45) is 3.12. The van der Waals surface area contributed by atoms with Crippen molar-refractivity contribution >= 4 is 28.3 Å². The molecular weight excluding hydrogens is 398 g/mol. The highest BCUT2D eigenvalue weighted by Crippen LogP contribution is 2.36. The number of hydrogen-bond donors (Lipinski definition) is 3. The van der Waals surface area contributed by atoms with E-state index in [1.807, 2.05) is 29.6 Å². The number of fused-ring (bicyclic) bond motifs is 1. The van der Waals surface area contributed by atoms with E-state index in [2.05, 4.69) is 34.9 Å². The third-order valence-corrected chi connectivity index (χ3v) is 5.43. The number of nitrogens with zero attached hydrogens (tertiary/aromatic N) is 3. The third-order valence-electron chi connectivity index (χ3n) is 4.58. The second kappa shape index (κ2) is 8.26. The molecule has 0 fully saturated rings. The predicted octanol–water partition coefficient (Wildman–Crippen LogP) is 4.46. The molecule has 4 rings (SSSR count). The number of aromatic hydroxyl groups is 3. The van der Waals surface area contributed by atoms with Crippen molar-refractivity contribution in [2.45, 2.75) is 0 Å². The van der Waals surface area contributed by atoms with Crippen molar-refractivity contribution in [3.63, 3.8) is 0 Å². The maximum Gasteiger partial charge on any atom is 0.206 e. The first-order chi connectivity index (χ1) is 14.6. The standard InChI is InChI=1S/C23H19N3O3S/c1-2-12-24-23-26(25-13-16-10-11-20(27)22(29)21(16)28)19(14-30-23)18-9-5-7-15-6-3-4-8-17(15)18/h2-11,13-14,27-29H,1,12H2. The normalized spacial score (nSPS) is 12.1. The van der Waals surface area contributed by atoms with Crippen LogP contribution in [0.5, 0.6) is 17.2 Å². The molecule has 0 saturated heterocycles. The lowest BCUT2D eigenvalue weighted by Gasteiger charge is -2.08. The Morgan fingerprint density at radius 1 is 0.967 bits per heavy atom. The van der Waals surface area contributed by atoms with Gasteiger partial charge < -0.3 is 15.3 Å². The molecule has 0 aliphatic carbocycles. The highest BCUT2D eigenvalue weighted by Gasteiger charge is 2.12. The lowest BCUT2D eigenvalue weighted by atomic mass is 10.0. The van der Waals surface area contributed by atoms with Gasteiger partial charge in [-0.05, 0) is 22.9 Å². The number of thiazole rings is 1. The fourth-order valence-electron chi connectivity index (χ4n) is 3.10. The Bertz CT molecular complexity index is 1330. The van der Waals surface area contributed by atoms with Crippen LogP contribution in [0.2, 0.25) is 0 Å². The van der Waals surface area contributed by atoms with Crippen molar-refractivity contribution in [3.8, 4) is 28.5 Å². The maximum atomic E-state index is 10.1. The lowest BCUT2D eigenvalue weighted by Crippen LogP contribution is -2.12. The molecule has 1 aromatic heterocycles. The van der Waals surface area contributed by atoms with Crippen LogP contribution in [-0.4, -0.2) is 32.8 Å². The summed E-state index contributed by atoms with van der Waals surface area (Å²) in [5.41, 5.74) is 2.11. The first-order valence-corrected chi connectivity index (χ1v) is 10.1. The molecule has 0 saturated carbocycles. The van der Waals surface area contributed by atoms with Gasteiger partial charge in [-0.15, -0.1) is 17.9 Å². The maximum absolute atomic E-state index is 10.1. The van der Waals surface area contributed by atoms with Crippen LogP contribution in [0.25, 0.3) is 22.0 Å². The first kappa shape index (κ1) is 19.5. The van der Waals surface area contributed by atoms with Crippen molar-refractivity contribution in [1.82, 2.24) is 4.68 Å². The average molecular weight is 417 g/mol. The largest absolute Gasteiger partial charge is 0.504 e. The molecule has 0 radical (unpaired) electrons. The summed E-state index contributed by atoms with van der Waals surface area (Å²) < 4.78 is 1.69. The van der Waals surface area contributed by atoms with Gasteiger partial charge in [0.2, 0.25) is 10.6 Å². The van der Waals surface area contributed by atoms with Gasteiger partial charge in [-0.25, -0.2) is 4.68 Å². The van der Waals surface area contributed by atoms with Crippen molar-refractivity contribution in [2.75, 3.05) is 6.54 Å². The molecule has 0 spiro atoms. The molecule has 0 aliphatic rings. The molecule has 0 bridgehead atoms. The van der Waals surface area contributed by atoms with Gasteiger partial charge in [0.05, 0.1) is 18.5 Å². The van der Waals surface area contributed by atoms with E-state index < -0.39 is 17.2 Å². The van der Waals surface area contributed by atoms with E-state index in [1.54, 1.807) is 10.8 Å². The number of rotatable bonds is 5. The van der Waals surface area contributed by atoms with E-state index in [-0.39, 0.29) is 5.56 Å². The van der Waals surface area contributed by atoms with Crippen molar-refractivity contribution in [3.05, 3.63) is 83.0 Å². The van der Waals surface area contributed by atoms with Crippen LogP contribution in [-0.2, 0) is 0 Å². The summed E-state index contributed by atoms with van der Waals surface area (Å²) in [4.78, 5) is 5.18. The summed E-state index contributed by atoms with van der Waals surface area (Å²) in [5.74, 6) is -1.42. The zero-order valence-electron chi connectivity index (χ0n) is 15.9. The Morgan fingerprint density at radius 2 is 1.77 bits per heavy atom. The van der Waals surface area contributed by atoms with E-state index in [1.165, 1.54) is 29.7 Å². The van der Waals surface area contributed by atoms with Gasteiger partial charge in [0.1, 0.15) is 0 Å². The van der Waals surface area contributed by atoms with E-state index in [4.69, 9.17) is 0 Å². The molecule has 1 heterocycles. The van der Waals surface area contributed by atoms with Crippen LogP contribution in [0, 0.1) is 0 Å². The fraction of sp³-hybridized carbons (Fsp3) is 0.0435. The van der Waals surface area contributed by atoms with Gasteiger partial charge in [0.15, 0.2) is 11.5 Å². The van der Waals surface area contributed by atoms with E-state index in [9.17, 15) is 15.3 Å². The highest BCUT2D eigenvalue weighted by atomic mass is 32.1. The smallest absolute Gasteiger partial charge is 0.206 e. The van der Waals surface area contributed by atoms with E-state index >= 15 is 0 Å².